The van der Waals surface area contributed by atoms with Gasteiger partial charge in [0, 0.05) is 22.4 Å². The molecule has 3 aromatic rings. The number of hydrogen-bond donors (Lipinski definition) is 0. The number of ketones is 1. The molecule has 2 aromatic carbocycles. The van der Waals surface area contributed by atoms with E-state index in [0.29, 0.717) is 29.0 Å². The second-order valence-electron chi connectivity index (χ2n) is 6.35. The monoisotopic (exact) mass is 382 g/mol. The number of Topliss-reactive ketones (excluding diaryl/α,β-unsaturated/α-hetero) is 1. The zero-order chi connectivity index (χ0) is 19.4. The molecule has 0 aliphatic rings. The molecule has 0 atom stereocenters. The van der Waals surface area contributed by atoms with Crippen LogP contribution in [0.2, 0.25) is 0 Å². The molecule has 0 aliphatic heterocycles. The summed E-state index contributed by atoms with van der Waals surface area (Å²) >= 11 is 1.43. The summed E-state index contributed by atoms with van der Waals surface area (Å²) < 4.78 is 11.5. The highest BCUT2D eigenvalue weighted by Crippen LogP contribution is 2.30. The Morgan fingerprint density at radius 1 is 1.11 bits per heavy atom. The van der Waals surface area contributed by atoms with E-state index in [1.807, 2.05) is 45.0 Å². The Kier molecular flexibility index (Phi) is 5.96. The summed E-state index contributed by atoms with van der Waals surface area (Å²) in [7, 11) is 0. The summed E-state index contributed by atoms with van der Waals surface area (Å²) in [5.41, 5.74) is 4.82. The number of benzene rings is 2. The molecule has 0 amide bonds. The first-order chi connectivity index (χ1) is 13.0. The Balaban J connectivity index is 1.78. The maximum absolute atomic E-state index is 11.7. The van der Waals surface area contributed by atoms with E-state index in [-0.39, 0.29) is 5.78 Å². The second kappa shape index (κ2) is 8.39. The van der Waals surface area contributed by atoms with E-state index >= 15 is 0 Å². The van der Waals surface area contributed by atoms with Gasteiger partial charge in [0.2, 0.25) is 5.89 Å². The SMILES string of the molecule is CCOc1ccc(C(C)=O)cc1CSc1nnc(-c2cc(C)cc(C)c2)o1. The number of thioether (sulfide) groups is 1. The van der Waals surface area contributed by atoms with Gasteiger partial charge in [0.05, 0.1) is 6.61 Å². The summed E-state index contributed by atoms with van der Waals surface area (Å²) in [5.74, 6) is 1.88. The summed E-state index contributed by atoms with van der Waals surface area (Å²) in [6, 6.07) is 11.6. The van der Waals surface area contributed by atoms with Crippen LogP contribution in [0, 0.1) is 13.8 Å². The fourth-order valence-electron chi connectivity index (χ4n) is 2.83. The summed E-state index contributed by atoms with van der Waals surface area (Å²) in [5, 5.41) is 8.79. The average Bonchev–Trinajstić information content (AvgIpc) is 3.09. The molecule has 0 aliphatic carbocycles. The molecule has 6 heteroatoms. The molecule has 0 spiro atoms. The van der Waals surface area contributed by atoms with Crippen LogP contribution in [-0.4, -0.2) is 22.6 Å². The van der Waals surface area contributed by atoms with Gasteiger partial charge in [0.25, 0.3) is 5.22 Å². The van der Waals surface area contributed by atoms with E-state index in [4.69, 9.17) is 9.15 Å². The highest BCUT2D eigenvalue weighted by Gasteiger charge is 2.13. The van der Waals surface area contributed by atoms with Gasteiger partial charge >= 0.3 is 0 Å². The van der Waals surface area contributed by atoms with Crippen molar-refractivity contribution in [2.24, 2.45) is 0 Å². The van der Waals surface area contributed by atoms with Crippen molar-refractivity contribution in [1.29, 1.82) is 0 Å². The van der Waals surface area contributed by atoms with E-state index < -0.39 is 0 Å². The Morgan fingerprint density at radius 2 is 1.85 bits per heavy atom. The summed E-state index contributed by atoms with van der Waals surface area (Å²) in [4.78, 5) is 11.7. The standard InChI is InChI=1S/C21H22N2O3S/c1-5-25-19-7-6-16(15(4)24)11-18(19)12-27-21-23-22-20(26-21)17-9-13(2)8-14(3)10-17/h6-11H,5,12H2,1-4H3. The maximum atomic E-state index is 11.7. The Morgan fingerprint density at radius 3 is 2.52 bits per heavy atom. The fourth-order valence-corrected chi connectivity index (χ4v) is 3.57. The van der Waals surface area contributed by atoms with Crippen molar-refractivity contribution in [3.05, 3.63) is 58.7 Å². The lowest BCUT2D eigenvalue weighted by atomic mass is 10.1. The first kappa shape index (κ1) is 19.2. The molecule has 0 saturated carbocycles. The lowest BCUT2D eigenvalue weighted by Crippen LogP contribution is -1.99. The highest BCUT2D eigenvalue weighted by molar-refractivity contribution is 7.98. The van der Waals surface area contributed by atoms with E-state index in [9.17, 15) is 4.79 Å². The second-order valence-corrected chi connectivity index (χ2v) is 7.28. The van der Waals surface area contributed by atoms with Gasteiger partial charge in [-0.05, 0) is 58.0 Å². The van der Waals surface area contributed by atoms with Gasteiger partial charge in [-0.2, -0.15) is 0 Å². The van der Waals surface area contributed by atoms with Crippen LogP contribution < -0.4 is 4.74 Å². The van der Waals surface area contributed by atoms with Gasteiger partial charge in [-0.25, -0.2) is 0 Å². The fraction of sp³-hybridized carbons (Fsp3) is 0.286. The zero-order valence-electron chi connectivity index (χ0n) is 15.9. The Bertz CT molecular complexity index is 946. The molecule has 1 aromatic heterocycles. The van der Waals surface area contributed by atoms with E-state index in [1.165, 1.54) is 11.8 Å². The normalized spacial score (nSPS) is 10.8. The van der Waals surface area contributed by atoms with Crippen LogP contribution in [0.15, 0.2) is 46.0 Å². The first-order valence-electron chi connectivity index (χ1n) is 8.78. The van der Waals surface area contributed by atoms with Gasteiger partial charge < -0.3 is 9.15 Å². The number of carbonyl (C=O) groups is 1. The number of rotatable bonds is 7. The van der Waals surface area contributed by atoms with Crippen LogP contribution >= 0.6 is 11.8 Å². The minimum atomic E-state index is 0.0270. The van der Waals surface area contributed by atoms with E-state index in [2.05, 4.69) is 16.3 Å². The van der Waals surface area contributed by atoms with Crippen molar-refractivity contribution in [3.63, 3.8) is 0 Å². The predicted octanol–water partition coefficient (Wildman–Crippen LogP) is 5.25. The highest BCUT2D eigenvalue weighted by atomic mass is 32.2. The minimum Gasteiger partial charge on any atom is -0.494 e. The Labute approximate surface area is 163 Å². The molecule has 0 bridgehead atoms. The van der Waals surface area contributed by atoms with Crippen molar-refractivity contribution in [3.8, 4) is 17.2 Å². The van der Waals surface area contributed by atoms with Gasteiger partial charge in [-0.15, -0.1) is 10.2 Å². The van der Waals surface area contributed by atoms with E-state index in [0.717, 1.165) is 28.0 Å². The van der Waals surface area contributed by atoms with Gasteiger partial charge in [0.1, 0.15) is 5.75 Å². The van der Waals surface area contributed by atoms with Gasteiger partial charge in [0.15, 0.2) is 5.78 Å². The average molecular weight is 382 g/mol. The lowest BCUT2D eigenvalue weighted by molar-refractivity contribution is 0.101. The number of carbonyl (C=O) groups excluding carboxylic acids is 1. The number of nitrogens with zero attached hydrogens (tertiary/aromatic N) is 2. The molecule has 0 fully saturated rings. The maximum Gasteiger partial charge on any atom is 0.277 e. The van der Waals surface area contributed by atoms with Crippen LogP contribution in [0.1, 0.15) is 40.9 Å². The van der Waals surface area contributed by atoms with Crippen molar-refractivity contribution < 1.29 is 13.9 Å². The van der Waals surface area contributed by atoms with Crippen molar-refractivity contribution in [2.75, 3.05) is 6.61 Å². The Hall–Kier alpha value is -2.60. The molecule has 27 heavy (non-hydrogen) atoms. The quantitative estimate of drug-likeness (QED) is 0.411. The third-order valence-corrected chi connectivity index (χ3v) is 4.86. The number of aryl methyl sites for hydroxylation is 2. The van der Waals surface area contributed by atoms with Crippen molar-refractivity contribution >= 4 is 17.5 Å². The zero-order valence-corrected chi connectivity index (χ0v) is 16.7. The van der Waals surface area contributed by atoms with Crippen molar-refractivity contribution in [1.82, 2.24) is 10.2 Å². The molecule has 3 rings (SSSR count). The molecule has 0 unspecified atom stereocenters. The van der Waals surface area contributed by atoms with E-state index in [1.54, 1.807) is 13.0 Å². The molecular weight excluding hydrogens is 360 g/mol. The summed E-state index contributed by atoms with van der Waals surface area (Å²) in [6.45, 7) is 8.14. The lowest BCUT2D eigenvalue weighted by Gasteiger charge is -2.10. The van der Waals surface area contributed by atoms with Crippen LogP contribution in [0.3, 0.4) is 0 Å². The molecule has 0 N–H and O–H groups in total. The third kappa shape index (κ3) is 4.77. The molecule has 140 valence electrons. The first-order valence-corrected chi connectivity index (χ1v) is 9.76. The molecule has 1 heterocycles. The minimum absolute atomic E-state index is 0.0270. The van der Waals surface area contributed by atoms with Crippen LogP contribution in [0.4, 0.5) is 0 Å². The van der Waals surface area contributed by atoms with Gasteiger partial charge in [-0.3, -0.25) is 4.79 Å². The predicted molar refractivity (Wildman–Crippen MR) is 106 cm³/mol. The molecular formula is C21H22N2O3S. The van der Waals surface area contributed by atoms with Crippen molar-refractivity contribution in [2.45, 2.75) is 38.7 Å². The largest absolute Gasteiger partial charge is 0.494 e. The molecule has 0 saturated heterocycles. The molecule has 5 nitrogen and oxygen atoms in total. The van der Waals surface area contributed by atoms with Crippen LogP contribution in [0.5, 0.6) is 5.75 Å². The van der Waals surface area contributed by atoms with Crippen LogP contribution in [0.25, 0.3) is 11.5 Å². The van der Waals surface area contributed by atoms with Crippen LogP contribution in [-0.2, 0) is 5.75 Å². The molecule has 0 radical (unpaired) electrons. The number of hydrogen-bond acceptors (Lipinski definition) is 6. The number of aromatic nitrogens is 2. The smallest absolute Gasteiger partial charge is 0.277 e. The number of ether oxygens (including phenoxy) is 1. The van der Waals surface area contributed by atoms with Gasteiger partial charge in [-0.1, -0.05) is 29.0 Å². The third-order valence-electron chi connectivity index (χ3n) is 3.99. The summed E-state index contributed by atoms with van der Waals surface area (Å²) in [6.07, 6.45) is 0. The topological polar surface area (TPSA) is 65.2 Å².